The molecule has 2 nitrogen and oxygen atoms in total. The lowest BCUT2D eigenvalue weighted by Crippen LogP contribution is -2.50. The van der Waals surface area contributed by atoms with Gasteiger partial charge in [0.2, 0.25) is 0 Å². The molecular weight excluding hydrogens is 200 g/mol. The van der Waals surface area contributed by atoms with E-state index in [-0.39, 0.29) is 11.2 Å². The monoisotopic (exact) mass is 228 g/mol. The van der Waals surface area contributed by atoms with Gasteiger partial charge in [-0.05, 0) is 26.7 Å². The number of hydrogen-bond donors (Lipinski definition) is 0. The van der Waals surface area contributed by atoms with E-state index in [0.29, 0.717) is 0 Å². The zero-order valence-electron chi connectivity index (χ0n) is 11.5. The molecule has 96 valence electrons. The van der Waals surface area contributed by atoms with Crippen LogP contribution in [-0.4, -0.2) is 24.4 Å². The summed E-state index contributed by atoms with van der Waals surface area (Å²) in [5.74, 6) is 0. The van der Waals surface area contributed by atoms with Crippen LogP contribution in [0.15, 0.2) is 0 Å². The van der Waals surface area contributed by atoms with Crippen LogP contribution in [0.25, 0.3) is 0 Å². The molecule has 0 aromatic carbocycles. The van der Waals surface area contributed by atoms with Crippen LogP contribution >= 0.6 is 0 Å². The Morgan fingerprint density at radius 2 is 1.44 bits per heavy atom. The number of hydrogen-bond acceptors (Lipinski definition) is 2. The Morgan fingerprint density at radius 3 is 1.81 bits per heavy atom. The largest absolute Gasteiger partial charge is 0.370 e. The van der Waals surface area contributed by atoms with Crippen molar-refractivity contribution in [2.45, 2.75) is 77.4 Å². The van der Waals surface area contributed by atoms with Gasteiger partial charge >= 0.3 is 0 Å². The maximum atomic E-state index is 6.16. The van der Waals surface area contributed by atoms with E-state index in [0.717, 1.165) is 26.1 Å². The first-order valence-corrected chi connectivity index (χ1v) is 6.81. The van der Waals surface area contributed by atoms with Crippen LogP contribution in [0.1, 0.15) is 66.2 Å². The summed E-state index contributed by atoms with van der Waals surface area (Å²) in [4.78, 5) is 0. The molecule has 0 amide bonds. The third kappa shape index (κ3) is 4.06. The molecule has 0 spiro atoms. The predicted molar refractivity (Wildman–Crippen MR) is 67.8 cm³/mol. The Hall–Kier alpha value is -0.0800. The van der Waals surface area contributed by atoms with Gasteiger partial charge in [-0.2, -0.15) is 0 Å². The second-order valence-corrected chi connectivity index (χ2v) is 5.73. The van der Waals surface area contributed by atoms with Gasteiger partial charge in [0.1, 0.15) is 0 Å². The molecule has 1 aliphatic rings. The van der Waals surface area contributed by atoms with E-state index in [1.54, 1.807) is 0 Å². The van der Waals surface area contributed by atoms with Gasteiger partial charge in [-0.15, -0.1) is 0 Å². The Morgan fingerprint density at radius 1 is 0.875 bits per heavy atom. The minimum Gasteiger partial charge on any atom is -0.370 e. The molecule has 2 heteroatoms. The van der Waals surface area contributed by atoms with E-state index in [9.17, 15) is 0 Å². The molecule has 1 fully saturated rings. The van der Waals surface area contributed by atoms with Crippen LogP contribution in [-0.2, 0) is 9.47 Å². The molecule has 0 radical (unpaired) electrons. The van der Waals surface area contributed by atoms with Gasteiger partial charge in [0.25, 0.3) is 0 Å². The lowest BCUT2D eigenvalue weighted by atomic mass is 9.89. The van der Waals surface area contributed by atoms with Crippen molar-refractivity contribution in [1.82, 2.24) is 0 Å². The van der Waals surface area contributed by atoms with Crippen molar-refractivity contribution in [3.05, 3.63) is 0 Å². The van der Waals surface area contributed by atoms with Crippen molar-refractivity contribution < 1.29 is 9.47 Å². The van der Waals surface area contributed by atoms with E-state index in [1.807, 2.05) is 0 Å². The van der Waals surface area contributed by atoms with Crippen LogP contribution < -0.4 is 0 Å². The summed E-state index contributed by atoms with van der Waals surface area (Å²) in [5, 5.41) is 0. The van der Waals surface area contributed by atoms with Crippen molar-refractivity contribution in [3.8, 4) is 0 Å². The van der Waals surface area contributed by atoms with Crippen LogP contribution in [0.4, 0.5) is 0 Å². The standard InChI is InChI=1S/C14H28O2/c1-5-7-9-14(10-8-6-2)12-15-13(3,4)11-16-14/h5-12H2,1-4H3. The maximum Gasteiger partial charge on any atom is 0.0916 e. The molecule has 0 unspecified atom stereocenters. The molecule has 0 atom stereocenters. The molecule has 1 aliphatic heterocycles. The van der Waals surface area contributed by atoms with Crippen LogP contribution in [0, 0.1) is 0 Å². The summed E-state index contributed by atoms with van der Waals surface area (Å²) in [6.45, 7) is 10.2. The molecule has 0 N–H and O–H groups in total. The second-order valence-electron chi connectivity index (χ2n) is 5.73. The third-order valence-corrected chi connectivity index (χ3v) is 3.42. The fraction of sp³-hybridized carbons (Fsp3) is 1.00. The molecular formula is C14H28O2. The van der Waals surface area contributed by atoms with Crippen LogP contribution in [0.3, 0.4) is 0 Å². The van der Waals surface area contributed by atoms with Gasteiger partial charge in [-0.25, -0.2) is 0 Å². The summed E-state index contributed by atoms with van der Waals surface area (Å²) in [7, 11) is 0. The maximum absolute atomic E-state index is 6.16. The molecule has 16 heavy (non-hydrogen) atoms. The number of ether oxygens (including phenoxy) is 2. The first-order valence-electron chi connectivity index (χ1n) is 6.81. The predicted octanol–water partition coefficient (Wildman–Crippen LogP) is 3.93. The first kappa shape index (κ1) is 14.0. The average molecular weight is 228 g/mol. The number of unbranched alkanes of at least 4 members (excludes halogenated alkanes) is 2. The highest BCUT2D eigenvalue weighted by atomic mass is 16.6. The van der Waals surface area contributed by atoms with E-state index >= 15 is 0 Å². The van der Waals surface area contributed by atoms with Gasteiger partial charge in [0, 0.05) is 0 Å². The van der Waals surface area contributed by atoms with Crippen molar-refractivity contribution in [1.29, 1.82) is 0 Å². The molecule has 0 aliphatic carbocycles. The molecule has 1 heterocycles. The smallest absolute Gasteiger partial charge is 0.0916 e. The van der Waals surface area contributed by atoms with Crippen molar-refractivity contribution >= 4 is 0 Å². The van der Waals surface area contributed by atoms with Crippen LogP contribution in [0.2, 0.25) is 0 Å². The first-order chi connectivity index (χ1) is 7.54. The summed E-state index contributed by atoms with van der Waals surface area (Å²) in [6, 6.07) is 0. The lowest BCUT2D eigenvalue weighted by molar-refractivity contribution is -0.228. The summed E-state index contributed by atoms with van der Waals surface area (Å²) >= 11 is 0. The molecule has 1 saturated heterocycles. The minimum atomic E-state index is -0.0953. The fourth-order valence-corrected chi connectivity index (χ4v) is 2.15. The van der Waals surface area contributed by atoms with Gasteiger partial charge in [0.15, 0.2) is 0 Å². The lowest BCUT2D eigenvalue weighted by Gasteiger charge is -2.44. The molecule has 0 aromatic heterocycles. The van der Waals surface area contributed by atoms with Crippen molar-refractivity contribution in [2.75, 3.05) is 13.2 Å². The fourth-order valence-electron chi connectivity index (χ4n) is 2.15. The van der Waals surface area contributed by atoms with Crippen molar-refractivity contribution in [3.63, 3.8) is 0 Å². The highest BCUT2D eigenvalue weighted by Gasteiger charge is 2.39. The Balaban J connectivity index is 2.51. The van der Waals surface area contributed by atoms with E-state index in [4.69, 9.17) is 9.47 Å². The van der Waals surface area contributed by atoms with Gasteiger partial charge in [-0.1, -0.05) is 39.5 Å². The third-order valence-electron chi connectivity index (χ3n) is 3.42. The highest BCUT2D eigenvalue weighted by molar-refractivity contribution is 4.87. The molecule has 1 rings (SSSR count). The summed E-state index contributed by atoms with van der Waals surface area (Å²) in [6.07, 6.45) is 7.27. The molecule has 0 bridgehead atoms. The molecule has 0 aromatic rings. The molecule has 0 saturated carbocycles. The van der Waals surface area contributed by atoms with E-state index in [2.05, 4.69) is 27.7 Å². The van der Waals surface area contributed by atoms with Crippen molar-refractivity contribution in [2.24, 2.45) is 0 Å². The van der Waals surface area contributed by atoms with Crippen LogP contribution in [0.5, 0.6) is 0 Å². The minimum absolute atomic E-state index is 0.0154. The van der Waals surface area contributed by atoms with Gasteiger partial charge in [-0.3, -0.25) is 0 Å². The Bertz CT molecular complexity index is 179. The summed E-state index contributed by atoms with van der Waals surface area (Å²) < 4.78 is 12.1. The highest BCUT2D eigenvalue weighted by Crippen LogP contribution is 2.33. The van der Waals surface area contributed by atoms with Gasteiger partial charge < -0.3 is 9.47 Å². The zero-order valence-corrected chi connectivity index (χ0v) is 11.5. The Labute approximate surface area is 101 Å². The van der Waals surface area contributed by atoms with E-state index in [1.165, 1.54) is 25.7 Å². The van der Waals surface area contributed by atoms with Gasteiger partial charge in [0.05, 0.1) is 24.4 Å². The topological polar surface area (TPSA) is 18.5 Å². The average Bonchev–Trinajstić information content (AvgIpc) is 2.27. The summed E-state index contributed by atoms with van der Waals surface area (Å²) in [5.41, 5.74) is -0.0799. The quantitative estimate of drug-likeness (QED) is 0.685. The Kier molecular flexibility index (Phi) is 5.26. The SMILES string of the molecule is CCCCC1(CCCC)COC(C)(C)CO1. The van der Waals surface area contributed by atoms with E-state index < -0.39 is 0 Å². The normalized spacial score (nSPS) is 23.2. The number of rotatable bonds is 6. The zero-order chi connectivity index (χ0) is 12.1. The second kappa shape index (κ2) is 6.02.